The van der Waals surface area contributed by atoms with Gasteiger partial charge in [-0.05, 0) is 68.4 Å². The molecule has 2 saturated heterocycles. The SMILES string of the molecule is CCc1nn(-c2noc(C3CCN(CC4CCN(S(C)(=O)=O)CC4)CC3)n2)c2cccc(OC(=O)C(F)(F)F)c12. The number of esters is 1. The molecule has 3 aromatic rings. The highest BCUT2D eigenvalue weighted by molar-refractivity contribution is 7.88. The van der Waals surface area contributed by atoms with E-state index in [0.717, 1.165) is 45.3 Å². The third-order valence-electron chi connectivity index (χ3n) is 7.63. The Morgan fingerprint density at radius 1 is 1.12 bits per heavy atom. The van der Waals surface area contributed by atoms with E-state index in [2.05, 4.69) is 24.9 Å². The molecule has 0 N–H and O–H groups in total. The predicted molar refractivity (Wildman–Crippen MR) is 138 cm³/mol. The molecule has 0 spiro atoms. The van der Waals surface area contributed by atoms with Gasteiger partial charge in [0.2, 0.25) is 15.9 Å². The lowest BCUT2D eigenvalue weighted by Gasteiger charge is -2.36. The lowest BCUT2D eigenvalue weighted by Crippen LogP contribution is -2.42. The summed E-state index contributed by atoms with van der Waals surface area (Å²) >= 11 is 0. The summed E-state index contributed by atoms with van der Waals surface area (Å²) in [5.41, 5.74) is 0.830. The quantitative estimate of drug-likeness (QED) is 0.304. The van der Waals surface area contributed by atoms with Crippen LogP contribution < -0.4 is 4.74 Å². The second-order valence-corrected chi connectivity index (χ2v) is 12.3. The highest BCUT2D eigenvalue weighted by atomic mass is 32.2. The average molecular weight is 585 g/mol. The summed E-state index contributed by atoms with van der Waals surface area (Å²) in [4.78, 5) is 18.4. The van der Waals surface area contributed by atoms with Gasteiger partial charge >= 0.3 is 12.1 Å². The largest absolute Gasteiger partial charge is 0.491 e. The normalized spacial score (nSPS) is 18.9. The Morgan fingerprint density at radius 2 is 1.82 bits per heavy atom. The first kappa shape index (κ1) is 28.5. The molecule has 0 amide bonds. The molecule has 0 saturated carbocycles. The molecule has 0 unspecified atom stereocenters. The molecule has 0 aliphatic carbocycles. The molecule has 2 aliphatic rings. The summed E-state index contributed by atoms with van der Waals surface area (Å²) in [6.07, 6.45) is -0.142. The molecule has 40 heavy (non-hydrogen) atoms. The number of hydrogen-bond donors (Lipinski definition) is 0. The minimum Gasteiger partial charge on any atom is -0.419 e. The van der Waals surface area contributed by atoms with Crippen molar-refractivity contribution in [3.63, 3.8) is 0 Å². The van der Waals surface area contributed by atoms with Crippen LogP contribution in [0.4, 0.5) is 13.2 Å². The van der Waals surface area contributed by atoms with Crippen LogP contribution in [-0.2, 0) is 21.2 Å². The van der Waals surface area contributed by atoms with Crippen molar-refractivity contribution in [1.82, 2.24) is 29.1 Å². The monoisotopic (exact) mass is 584 g/mol. The van der Waals surface area contributed by atoms with Crippen LogP contribution in [0.2, 0.25) is 0 Å². The molecule has 0 atom stereocenters. The van der Waals surface area contributed by atoms with Gasteiger partial charge in [0, 0.05) is 25.6 Å². The molecule has 218 valence electrons. The maximum atomic E-state index is 12.8. The number of carbonyl (C=O) groups excluding carboxylic acids is 1. The van der Waals surface area contributed by atoms with E-state index >= 15 is 0 Å². The van der Waals surface area contributed by atoms with Gasteiger partial charge in [0.15, 0.2) is 0 Å². The van der Waals surface area contributed by atoms with Gasteiger partial charge in [-0.2, -0.15) is 27.9 Å². The number of likely N-dealkylation sites (tertiary alicyclic amines) is 1. The molecule has 4 heterocycles. The van der Waals surface area contributed by atoms with Gasteiger partial charge in [0.05, 0.1) is 22.9 Å². The third kappa shape index (κ3) is 6.00. The molecule has 0 radical (unpaired) electrons. The fourth-order valence-electron chi connectivity index (χ4n) is 5.48. The number of carbonyl (C=O) groups is 1. The number of nitrogens with zero attached hydrogens (tertiary/aromatic N) is 6. The number of fused-ring (bicyclic) bond motifs is 1. The number of halogens is 3. The van der Waals surface area contributed by atoms with E-state index in [0.29, 0.717) is 42.5 Å². The zero-order valence-electron chi connectivity index (χ0n) is 22.2. The van der Waals surface area contributed by atoms with Crippen LogP contribution in [0.1, 0.15) is 50.1 Å². The lowest BCUT2D eigenvalue weighted by molar-refractivity contribution is -0.189. The molecular weight excluding hydrogens is 553 g/mol. The van der Waals surface area contributed by atoms with Crippen LogP contribution in [0.3, 0.4) is 0 Å². The molecular formula is C25H31F3N6O5S. The first-order valence-electron chi connectivity index (χ1n) is 13.2. The van der Waals surface area contributed by atoms with Crippen LogP contribution in [-0.4, -0.2) is 88.7 Å². The molecule has 11 nitrogen and oxygen atoms in total. The number of aryl methyl sites for hydroxylation is 1. The Balaban J connectivity index is 1.25. The van der Waals surface area contributed by atoms with Crippen molar-refractivity contribution < 1.29 is 35.6 Å². The van der Waals surface area contributed by atoms with Crippen LogP contribution in [0.15, 0.2) is 22.7 Å². The second kappa shape index (κ2) is 11.1. The third-order valence-corrected chi connectivity index (χ3v) is 8.93. The van der Waals surface area contributed by atoms with Gasteiger partial charge in [-0.15, -0.1) is 0 Å². The fraction of sp³-hybridized carbons (Fsp3) is 0.600. The van der Waals surface area contributed by atoms with Crippen molar-refractivity contribution in [2.24, 2.45) is 5.92 Å². The van der Waals surface area contributed by atoms with Crippen molar-refractivity contribution >= 4 is 26.9 Å². The van der Waals surface area contributed by atoms with E-state index in [-0.39, 0.29) is 23.0 Å². The first-order chi connectivity index (χ1) is 18.9. The summed E-state index contributed by atoms with van der Waals surface area (Å²) in [6, 6.07) is 4.41. The average Bonchev–Trinajstić information content (AvgIpc) is 3.54. The Morgan fingerprint density at radius 3 is 2.45 bits per heavy atom. The molecule has 0 bridgehead atoms. The smallest absolute Gasteiger partial charge is 0.419 e. The van der Waals surface area contributed by atoms with Crippen LogP contribution in [0.5, 0.6) is 5.75 Å². The molecule has 5 rings (SSSR count). The zero-order valence-corrected chi connectivity index (χ0v) is 23.0. The molecule has 15 heteroatoms. The number of hydrogen-bond acceptors (Lipinski definition) is 9. The minimum absolute atomic E-state index is 0.0559. The lowest BCUT2D eigenvalue weighted by atomic mass is 9.93. The van der Waals surface area contributed by atoms with Crippen LogP contribution >= 0.6 is 0 Å². The summed E-state index contributed by atoms with van der Waals surface area (Å²) in [7, 11) is -3.13. The van der Waals surface area contributed by atoms with Crippen molar-refractivity contribution in [3.05, 3.63) is 29.8 Å². The van der Waals surface area contributed by atoms with Crippen molar-refractivity contribution in [1.29, 1.82) is 0 Å². The van der Waals surface area contributed by atoms with Crippen molar-refractivity contribution in [2.75, 3.05) is 39.0 Å². The second-order valence-electron chi connectivity index (χ2n) is 10.4. The highest BCUT2D eigenvalue weighted by Gasteiger charge is 2.42. The first-order valence-corrected chi connectivity index (χ1v) is 15.1. The van der Waals surface area contributed by atoms with E-state index in [4.69, 9.17) is 4.52 Å². The number of sulfonamides is 1. The minimum atomic E-state index is -5.13. The Labute approximate surface area is 229 Å². The predicted octanol–water partition coefficient (Wildman–Crippen LogP) is 3.29. The summed E-state index contributed by atoms with van der Waals surface area (Å²) in [5.74, 6) is -1.40. The number of rotatable bonds is 7. The van der Waals surface area contributed by atoms with Gasteiger partial charge in [-0.25, -0.2) is 17.5 Å². The Kier molecular flexibility index (Phi) is 7.90. The zero-order chi connectivity index (χ0) is 28.7. The van der Waals surface area contributed by atoms with Gasteiger partial charge < -0.3 is 14.2 Å². The summed E-state index contributed by atoms with van der Waals surface area (Å²) < 4.78 is 75.1. The Bertz CT molecular complexity index is 1470. The summed E-state index contributed by atoms with van der Waals surface area (Å²) in [5, 5.41) is 8.84. The molecule has 1 aromatic carbocycles. The van der Waals surface area contributed by atoms with Crippen molar-refractivity contribution in [2.45, 2.75) is 51.1 Å². The number of ether oxygens (including phenoxy) is 1. The number of piperidine rings is 2. The molecule has 2 aromatic heterocycles. The van der Waals surface area contributed by atoms with Crippen LogP contribution in [0.25, 0.3) is 16.9 Å². The van der Waals surface area contributed by atoms with E-state index in [1.54, 1.807) is 17.3 Å². The maximum absolute atomic E-state index is 12.8. The van der Waals surface area contributed by atoms with Gasteiger partial charge in [0.25, 0.3) is 5.95 Å². The van der Waals surface area contributed by atoms with E-state index in [9.17, 15) is 26.4 Å². The van der Waals surface area contributed by atoms with E-state index in [1.165, 1.54) is 23.1 Å². The fourth-order valence-corrected chi connectivity index (χ4v) is 6.36. The van der Waals surface area contributed by atoms with Gasteiger partial charge in [-0.1, -0.05) is 13.0 Å². The summed E-state index contributed by atoms with van der Waals surface area (Å²) in [6.45, 7) is 5.57. The van der Waals surface area contributed by atoms with Gasteiger partial charge in [0.1, 0.15) is 5.75 Å². The van der Waals surface area contributed by atoms with Gasteiger partial charge in [-0.3, -0.25) is 0 Å². The van der Waals surface area contributed by atoms with Crippen molar-refractivity contribution in [3.8, 4) is 11.7 Å². The number of aromatic nitrogens is 4. The van der Waals surface area contributed by atoms with Crippen LogP contribution in [0, 0.1) is 5.92 Å². The number of benzene rings is 1. The topological polar surface area (TPSA) is 124 Å². The van der Waals surface area contributed by atoms with E-state index in [1.807, 2.05) is 0 Å². The number of alkyl halides is 3. The molecule has 2 fully saturated rings. The maximum Gasteiger partial charge on any atom is 0.491 e. The van der Waals surface area contributed by atoms with E-state index < -0.39 is 22.2 Å². The Hall–Kier alpha value is -3.04. The highest BCUT2D eigenvalue weighted by Crippen LogP contribution is 2.33. The standard InChI is InChI=1S/C25H31F3N6O5S/c1-3-18-21-19(5-4-6-20(21)38-23(35)25(26,27)28)34(30-18)24-29-22(39-31-24)17-9-11-32(12-10-17)15-16-7-13-33(14-8-16)40(2,36)37/h4-6,16-17H,3,7-15H2,1-2H3. The molecule has 2 aliphatic heterocycles.